The van der Waals surface area contributed by atoms with Crippen LogP contribution in [0.5, 0.6) is 5.75 Å². The quantitative estimate of drug-likeness (QED) is 0.630. The van der Waals surface area contributed by atoms with Crippen LogP contribution in [0.2, 0.25) is 0 Å². The maximum atomic E-state index is 13.1. The Morgan fingerprint density at radius 3 is 2.41 bits per heavy atom. The first-order chi connectivity index (χ1) is 13.1. The Morgan fingerprint density at radius 2 is 1.78 bits per heavy atom. The second kappa shape index (κ2) is 8.45. The first-order valence-corrected chi connectivity index (χ1v) is 8.79. The first kappa shape index (κ1) is 18.6. The lowest BCUT2D eigenvalue weighted by Gasteiger charge is -2.23. The zero-order valence-corrected chi connectivity index (χ0v) is 15.9. The molecule has 27 heavy (non-hydrogen) atoms. The molecule has 1 amide bonds. The molecule has 0 N–H and O–H groups in total. The van der Waals surface area contributed by atoms with Crippen LogP contribution in [0, 0.1) is 0 Å². The number of anilines is 1. The molecular formula is C22H24N2O3. The number of hydrogen-bond donors (Lipinski definition) is 0. The number of furan rings is 1. The number of nitrogens with zero attached hydrogens (tertiary/aromatic N) is 2. The highest BCUT2D eigenvalue weighted by molar-refractivity contribution is 5.94. The van der Waals surface area contributed by atoms with Crippen LogP contribution in [-0.2, 0) is 13.1 Å². The summed E-state index contributed by atoms with van der Waals surface area (Å²) in [7, 11) is 5.60. The smallest absolute Gasteiger partial charge is 0.254 e. The van der Waals surface area contributed by atoms with Gasteiger partial charge >= 0.3 is 0 Å². The molecule has 0 aliphatic carbocycles. The van der Waals surface area contributed by atoms with Gasteiger partial charge in [-0.3, -0.25) is 4.79 Å². The molecule has 0 fully saturated rings. The molecule has 3 aromatic rings. The van der Waals surface area contributed by atoms with Crippen LogP contribution in [0.15, 0.2) is 71.3 Å². The molecule has 0 bridgehead atoms. The third-order valence-electron chi connectivity index (χ3n) is 4.36. The lowest BCUT2D eigenvalue weighted by molar-refractivity contribution is 0.0717. The van der Waals surface area contributed by atoms with Gasteiger partial charge in [0.2, 0.25) is 0 Å². The fourth-order valence-electron chi connectivity index (χ4n) is 2.85. The molecule has 0 saturated carbocycles. The standard InChI is InChI=1S/C22H24N2O3/c1-23(2)19-11-9-17(10-12-19)15-24(16-21-8-5-13-27-21)22(25)18-6-4-7-20(14-18)26-3/h4-14H,15-16H2,1-3H3. The van der Waals surface area contributed by atoms with Crippen molar-refractivity contribution < 1.29 is 13.9 Å². The van der Waals surface area contributed by atoms with E-state index in [0.717, 1.165) is 17.0 Å². The highest BCUT2D eigenvalue weighted by Gasteiger charge is 2.18. The van der Waals surface area contributed by atoms with Crippen LogP contribution in [0.1, 0.15) is 21.7 Å². The highest BCUT2D eigenvalue weighted by atomic mass is 16.5. The highest BCUT2D eigenvalue weighted by Crippen LogP contribution is 2.19. The number of methoxy groups -OCH3 is 1. The predicted octanol–water partition coefficient (Wildman–Crippen LogP) is 4.20. The fraction of sp³-hybridized carbons (Fsp3) is 0.227. The molecule has 5 heteroatoms. The third kappa shape index (κ3) is 4.70. The van der Waals surface area contributed by atoms with Gasteiger partial charge in [-0.1, -0.05) is 18.2 Å². The van der Waals surface area contributed by atoms with Crippen LogP contribution in [0.4, 0.5) is 5.69 Å². The van der Waals surface area contributed by atoms with Crippen LogP contribution in [0.25, 0.3) is 0 Å². The maximum absolute atomic E-state index is 13.1. The average Bonchev–Trinajstić information content (AvgIpc) is 3.20. The summed E-state index contributed by atoms with van der Waals surface area (Å²) in [5, 5.41) is 0. The van der Waals surface area contributed by atoms with Crippen molar-refractivity contribution in [3.8, 4) is 5.75 Å². The number of amides is 1. The van der Waals surface area contributed by atoms with Gasteiger partial charge < -0.3 is 19.0 Å². The Morgan fingerprint density at radius 1 is 1.00 bits per heavy atom. The first-order valence-electron chi connectivity index (χ1n) is 8.79. The van der Waals surface area contributed by atoms with E-state index in [9.17, 15) is 4.79 Å². The second-order valence-electron chi connectivity index (χ2n) is 6.53. The Hall–Kier alpha value is -3.21. The van der Waals surface area contributed by atoms with E-state index >= 15 is 0 Å². The normalized spacial score (nSPS) is 10.5. The molecule has 140 valence electrons. The van der Waals surface area contributed by atoms with Crippen molar-refractivity contribution in [3.05, 3.63) is 83.8 Å². The summed E-state index contributed by atoms with van der Waals surface area (Å²) in [6.07, 6.45) is 1.62. The monoisotopic (exact) mass is 364 g/mol. The molecule has 5 nitrogen and oxygen atoms in total. The van der Waals surface area contributed by atoms with Crippen LogP contribution in [-0.4, -0.2) is 32.0 Å². The van der Waals surface area contributed by atoms with Crippen LogP contribution >= 0.6 is 0 Å². The Balaban J connectivity index is 1.84. The second-order valence-corrected chi connectivity index (χ2v) is 6.53. The van der Waals surface area contributed by atoms with E-state index in [1.807, 2.05) is 55.4 Å². The van der Waals surface area contributed by atoms with E-state index in [1.165, 1.54) is 0 Å². The molecule has 0 unspecified atom stereocenters. The topological polar surface area (TPSA) is 45.9 Å². The molecule has 0 saturated heterocycles. The summed E-state index contributed by atoms with van der Waals surface area (Å²) in [6.45, 7) is 0.892. The molecule has 0 spiro atoms. The van der Waals surface area contributed by atoms with Crippen molar-refractivity contribution >= 4 is 11.6 Å². The van der Waals surface area contributed by atoms with Gasteiger partial charge in [0.05, 0.1) is 19.9 Å². The molecule has 0 radical (unpaired) electrons. The number of carbonyl (C=O) groups is 1. The summed E-state index contributed by atoms with van der Waals surface area (Å²) in [6, 6.07) is 19.1. The van der Waals surface area contributed by atoms with Crippen molar-refractivity contribution in [1.29, 1.82) is 0 Å². The zero-order chi connectivity index (χ0) is 19.2. The maximum Gasteiger partial charge on any atom is 0.254 e. The van der Waals surface area contributed by atoms with Gasteiger partial charge in [0.25, 0.3) is 5.91 Å². The third-order valence-corrected chi connectivity index (χ3v) is 4.36. The molecule has 0 aliphatic heterocycles. The number of rotatable bonds is 7. The number of ether oxygens (including phenoxy) is 1. The van der Waals surface area contributed by atoms with E-state index in [-0.39, 0.29) is 5.91 Å². The summed E-state index contributed by atoms with van der Waals surface area (Å²) in [4.78, 5) is 17.0. The summed E-state index contributed by atoms with van der Waals surface area (Å²) >= 11 is 0. The molecule has 1 aromatic heterocycles. The van der Waals surface area contributed by atoms with E-state index in [4.69, 9.17) is 9.15 Å². The Labute approximate surface area is 159 Å². The fourth-order valence-corrected chi connectivity index (χ4v) is 2.85. The van der Waals surface area contributed by atoms with Crippen LogP contribution < -0.4 is 9.64 Å². The summed E-state index contributed by atoms with van der Waals surface area (Å²) < 4.78 is 10.7. The lowest BCUT2D eigenvalue weighted by atomic mass is 10.1. The Kier molecular flexibility index (Phi) is 5.81. The molecule has 0 aliphatic rings. The molecule has 1 heterocycles. The zero-order valence-electron chi connectivity index (χ0n) is 15.9. The average molecular weight is 364 g/mol. The van der Waals surface area contributed by atoms with E-state index < -0.39 is 0 Å². The number of carbonyl (C=O) groups excluding carboxylic acids is 1. The van der Waals surface area contributed by atoms with Gasteiger partial charge in [0, 0.05) is 31.9 Å². The molecule has 2 aromatic carbocycles. The summed E-state index contributed by atoms with van der Waals surface area (Å²) in [5.41, 5.74) is 2.77. The van der Waals surface area contributed by atoms with E-state index in [0.29, 0.717) is 24.4 Å². The van der Waals surface area contributed by atoms with Gasteiger partial charge in [-0.15, -0.1) is 0 Å². The van der Waals surface area contributed by atoms with E-state index in [2.05, 4.69) is 12.1 Å². The molecule has 3 rings (SSSR count). The van der Waals surface area contributed by atoms with Crippen molar-refractivity contribution in [2.24, 2.45) is 0 Å². The van der Waals surface area contributed by atoms with Crippen molar-refractivity contribution in [1.82, 2.24) is 4.90 Å². The van der Waals surface area contributed by atoms with Gasteiger partial charge in [0.15, 0.2) is 0 Å². The minimum absolute atomic E-state index is 0.0676. The van der Waals surface area contributed by atoms with E-state index in [1.54, 1.807) is 30.4 Å². The predicted molar refractivity (Wildman–Crippen MR) is 106 cm³/mol. The van der Waals surface area contributed by atoms with Gasteiger partial charge in [-0.25, -0.2) is 0 Å². The largest absolute Gasteiger partial charge is 0.497 e. The SMILES string of the molecule is COc1cccc(C(=O)N(Cc2ccc(N(C)C)cc2)Cc2ccco2)c1. The Bertz CT molecular complexity index is 871. The van der Waals surface area contributed by atoms with Crippen LogP contribution in [0.3, 0.4) is 0 Å². The minimum Gasteiger partial charge on any atom is -0.497 e. The molecular weight excluding hydrogens is 340 g/mol. The lowest BCUT2D eigenvalue weighted by Crippen LogP contribution is -2.30. The van der Waals surface area contributed by atoms with Crippen molar-refractivity contribution in [3.63, 3.8) is 0 Å². The summed E-state index contributed by atoms with van der Waals surface area (Å²) in [5.74, 6) is 1.34. The number of hydrogen-bond acceptors (Lipinski definition) is 4. The van der Waals surface area contributed by atoms with Gasteiger partial charge in [-0.05, 0) is 48.0 Å². The molecule has 0 atom stereocenters. The number of benzene rings is 2. The minimum atomic E-state index is -0.0676. The van der Waals surface area contributed by atoms with Gasteiger partial charge in [0.1, 0.15) is 11.5 Å². The van der Waals surface area contributed by atoms with Gasteiger partial charge in [-0.2, -0.15) is 0 Å². The van der Waals surface area contributed by atoms with Crippen molar-refractivity contribution in [2.75, 3.05) is 26.1 Å². The van der Waals surface area contributed by atoms with Crippen molar-refractivity contribution in [2.45, 2.75) is 13.1 Å².